The van der Waals surface area contributed by atoms with E-state index in [0.29, 0.717) is 19.5 Å². The Morgan fingerprint density at radius 2 is 1.56 bits per heavy atom. The zero-order valence-corrected chi connectivity index (χ0v) is 14.2. The molecule has 4 aromatic carbocycles. The minimum absolute atomic E-state index is 0.0863. The second kappa shape index (κ2) is 6.69. The fraction of sp³-hybridized carbons (Fsp3) is 0.227. The van der Waals surface area contributed by atoms with Crippen LogP contribution in [0.25, 0.3) is 32.3 Å². The predicted octanol–water partition coefficient (Wildman–Crippen LogP) is 3.98. The molecular formula is C22H22N2O. The number of rotatable bonds is 6. The second-order valence-electron chi connectivity index (χ2n) is 6.57. The summed E-state index contributed by atoms with van der Waals surface area (Å²) in [5, 5.41) is 10.7. The molecule has 0 bridgehead atoms. The normalized spacial score (nSPS) is 11.6. The molecule has 0 aliphatic rings. The van der Waals surface area contributed by atoms with E-state index in [2.05, 4.69) is 59.9 Å². The van der Waals surface area contributed by atoms with Crippen molar-refractivity contribution in [1.29, 1.82) is 0 Å². The zero-order chi connectivity index (χ0) is 17.2. The number of hydrogen-bond acceptors (Lipinski definition) is 2. The molecular weight excluding hydrogens is 308 g/mol. The third-order valence-electron chi connectivity index (χ3n) is 4.94. The van der Waals surface area contributed by atoms with Gasteiger partial charge in [0.1, 0.15) is 0 Å². The SMILES string of the molecule is NCCNC(=O)CCCc1ccc2ccc3cccc4ccc1c2c34. The molecule has 4 aromatic rings. The third-order valence-corrected chi connectivity index (χ3v) is 4.94. The molecule has 0 saturated carbocycles. The average Bonchev–Trinajstić information content (AvgIpc) is 2.65. The number of nitrogens with two attached hydrogens (primary N) is 1. The molecule has 0 heterocycles. The third kappa shape index (κ3) is 2.92. The lowest BCUT2D eigenvalue weighted by Crippen LogP contribution is -2.28. The van der Waals surface area contributed by atoms with Gasteiger partial charge in [0.05, 0.1) is 0 Å². The number of amides is 1. The van der Waals surface area contributed by atoms with E-state index in [1.807, 2.05) is 0 Å². The maximum Gasteiger partial charge on any atom is 0.220 e. The van der Waals surface area contributed by atoms with E-state index >= 15 is 0 Å². The first-order valence-electron chi connectivity index (χ1n) is 8.90. The average molecular weight is 330 g/mol. The van der Waals surface area contributed by atoms with Crippen molar-refractivity contribution < 1.29 is 4.79 Å². The Morgan fingerprint density at radius 1 is 0.880 bits per heavy atom. The molecule has 0 saturated heterocycles. The van der Waals surface area contributed by atoms with Crippen LogP contribution < -0.4 is 11.1 Å². The highest BCUT2D eigenvalue weighted by Crippen LogP contribution is 2.36. The summed E-state index contributed by atoms with van der Waals surface area (Å²) in [7, 11) is 0. The monoisotopic (exact) mass is 330 g/mol. The number of hydrogen-bond donors (Lipinski definition) is 2. The van der Waals surface area contributed by atoms with Gasteiger partial charge in [-0.05, 0) is 50.7 Å². The van der Waals surface area contributed by atoms with E-state index in [1.165, 1.54) is 37.9 Å². The van der Waals surface area contributed by atoms with E-state index in [0.717, 1.165) is 12.8 Å². The van der Waals surface area contributed by atoms with Gasteiger partial charge in [0.25, 0.3) is 0 Å². The maximum atomic E-state index is 11.8. The summed E-state index contributed by atoms with van der Waals surface area (Å²) in [6, 6.07) is 19.7. The van der Waals surface area contributed by atoms with Gasteiger partial charge in [0.2, 0.25) is 5.91 Å². The van der Waals surface area contributed by atoms with Gasteiger partial charge < -0.3 is 11.1 Å². The van der Waals surface area contributed by atoms with E-state index in [1.54, 1.807) is 0 Å². The van der Waals surface area contributed by atoms with Crippen LogP contribution >= 0.6 is 0 Å². The zero-order valence-electron chi connectivity index (χ0n) is 14.2. The molecule has 4 rings (SSSR count). The molecule has 1 amide bonds. The summed E-state index contributed by atoms with van der Waals surface area (Å²) in [5.41, 5.74) is 6.73. The molecule has 0 atom stereocenters. The minimum Gasteiger partial charge on any atom is -0.355 e. The van der Waals surface area contributed by atoms with Gasteiger partial charge in [-0.25, -0.2) is 0 Å². The van der Waals surface area contributed by atoms with Crippen LogP contribution in [0.1, 0.15) is 18.4 Å². The van der Waals surface area contributed by atoms with Crippen molar-refractivity contribution in [2.45, 2.75) is 19.3 Å². The van der Waals surface area contributed by atoms with Crippen LogP contribution in [0.2, 0.25) is 0 Å². The first kappa shape index (κ1) is 15.9. The van der Waals surface area contributed by atoms with E-state index in [9.17, 15) is 4.79 Å². The Bertz CT molecular complexity index is 1020. The predicted molar refractivity (Wildman–Crippen MR) is 105 cm³/mol. The lowest BCUT2D eigenvalue weighted by atomic mass is 9.90. The highest BCUT2D eigenvalue weighted by atomic mass is 16.1. The first-order valence-corrected chi connectivity index (χ1v) is 8.90. The number of benzene rings is 4. The van der Waals surface area contributed by atoms with Crippen LogP contribution in [-0.4, -0.2) is 19.0 Å². The lowest BCUT2D eigenvalue weighted by Gasteiger charge is -2.14. The molecule has 25 heavy (non-hydrogen) atoms. The molecule has 0 fully saturated rings. The molecule has 0 unspecified atom stereocenters. The van der Waals surface area contributed by atoms with Gasteiger partial charge in [-0.1, -0.05) is 54.6 Å². The number of carbonyl (C=O) groups is 1. The summed E-state index contributed by atoms with van der Waals surface area (Å²) in [4.78, 5) is 11.8. The van der Waals surface area contributed by atoms with Crippen LogP contribution in [0.5, 0.6) is 0 Å². The first-order chi connectivity index (χ1) is 12.3. The molecule has 0 spiro atoms. The summed E-state index contributed by atoms with van der Waals surface area (Å²) >= 11 is 0. The molecule has 0 aliphatic carbocycles. The Labute approximate surface area is 147 Å². The summed E-state index contributed by atoms with van der Waals surface area (Å²) < 4.78 is 0. The molecule has 0 aromatic heterocycles. The van der Waals surface area contributed by atoms with Crippen LogP contribution in [0.4, 0.5) is 0 Å². The largest absolute Gasteiger partial charge is 0.355 e. The summed E-state index contributed by atoms with van der Waals surface area (Å²) in [6.45, 7) is 1.04. The quantitative estimate of drug-likeness (QED) is 0.525. The van der Waals surface area contributed by atoms with E-state index < -0.39 is 0 Å². The highest BCUT2D eigenvalue weighted by molar-refractivity contribution is 6.23. The van der Waals surface area contributed by atoms with Gasteiger partial charge in [-0.3, -0.25) is 4.79 Å². The fourth-order valence-corrected chi connectivity index (χ4v) is 3.75. The Morgan fingerprint density at radius 3 is 2.32 bits per heavy atom. The van der Waals surface area contributed by atoms with Crippen molar-refractivity contribution in [1.82, 2.24) is 5.32 Å². The van der Waals surface area contributed by atoms with Crippen LogP contribution in [0, 0.1) is 0 Å². The summed E-state index contributed by atoms with van der Waals surface area (Å²) in [5.74, 6) is 0.0863. The molecule has 0 aliphatic heterocycles. The van der Waals surface area contributed by atoms with Crippen molar-refractivity contribution in [2.24, 2.45) is 5.73 Å². The lowest BCUT2D eigenvalue weighted by molar-refractivity contribution is -0.121. The molecule has 3 N–H and O–H groups in total. The fourth-order valence-electron chi connectivity index (χ4n) is 3.75. The highest BCUT2D eigenvalue weighted by Gasteiger charge is 2.11. The molecule has 126 valence electrons. The van der Waals surface area contributed by atoms with E-state index in [4.69, 9.17) is 5.73 Å². The molecule has 0 radical (unpaired) electrons. The van der Waals surface area contributed by atoms with E-state index in [-0.39, 0.29) is 5.91 Å². The van der Waals surface area contributed by atoms with Crippen LogP contribution in [0.3, 0.4) is 0 Å². The van der Waals surface area contributed by atoms with Crippen molar-refractivity contribution in [2.75, 3.05) is 13.1 Å². The van der Waals surface area contributed by atoms with Crippen LogP contribution in [0.15, 0.2) is 54.6 Å². The van der Waals surface area contributed by atoms with Gasteiger partial charge in [-0.2, -0.15) is 0 Å². The topological polar surface area (TPSA) is 55.1 Å². The van der Waals surface area contributed by atoms with Gasteiger partial charge in [0, 0.05) is 19.5 Å². The number of nitrogens with one attached hydrogen (secondary N) is 1. The maximum absolute atomic E-state index is 11.8. The smallest absolute Gasteiger partial charge is 0.220 e. The second-order valence-corrected chi connectivity index (χ2v) is 6.57. The Kier molecular flexibility index (Phi) is 4.24. The van der Waals surface area contributed by atoms with Crippen molar-refractivity contribution in [3.05, 3.63) is 60.2 Å². The van der Waals surface area contributed by atoms with Crippen molar-refractivity contribution >= 4 is 38.2 Å². The van der Waals surface area contributed by atoms with Gasteiger partial charge in [0.15, 0.2) is 0 Å². The van der Waals surface area contributed by atoms with Crippen molar-refractivity contribution in [3.63, 3.8) is 0 Å². The Hall–Kier alpha value is -2.65. The summed E-state index contributed by atoms with van der Waals surface area (Å²) in [6.07, 6.45) is 2.30. The number of aryl methyl sites for hydroxylation is 1. The van der Waals surface area contributed by atoms with Crippen molar-refractivity contribution in [3.8, 4) is 0 Å². The standard InChI is InChI=1S/C22H22N2O/c23-13-14-24-20(25)6-2-3-15-7-8-18-10-9-16-4-1-5-17-11-12-19(15)22(18)21(16)17/h1,4-5,7-12H,2-3,6,13-14,23H2,(H,24,25). The van der Waals surface area contributed by atoms with Gasteiger partial charge in [-0.15, -0.1) is 0 Å². The molecule has 3 nitrogen and oxygen atoms in total. The Balaban J connectivity index is 1.67. The minimum atomic E-state index is 0.0863. The van der Waals surface area contributed by atoms with Gasteiger partial charge >= 0.3 is 0 Å². The van der Waals surface area contributed by atoms with Crippen LogP contribution in [-0.2, 0) is 11.2 Å². The number of carbonyl (C=O) groups excluding carboxylic acids is 1. The molecule has 3 heteroatoms.